The zero-order valence-corrected chi connectivity index (χ0v) is 17.4. The zero-order chi connectivity index (χ0) is 19.5. The van der Waals surface area contributed by atoms with Crippen molar-refractivity contribution < 1.29 is 4.79 Å². The highest BCUT2D eigenvalue weighted by molar-refractivity contribution is 5.89. The standard InChI is InChI=1S/C23H34N4O/c1-3-26(4-2)19-14-15-20-21(16-19)27(25-23(28)18-12-8-9-13-18)22(24-20)17-10-6-5-7-11-17/h14-18H,3-13H2,1-2H3,(H,25,28). The first kappa shape index (κ1) is 19.3. The van der Waals surface area contributed by atoms with Crippen molar-refractivity contribution in [3.8, 4) is 0 Å². The molecule has 152 valence electrons. The van der Waals surface area contributed by atoms with Gasteiger partial charge in [-0.05, 0) is 57.7 Å². The number of rotatable bonds is 6. The molecule has 28 heavy (non-hydrogen) atoms. The van der Waals surface area contributed by atoms with E-state index in [4.69, 9.17) is 4.98 Å². The fourth-order valence-corrected chi connectivity index (χ4v) is 5.01. The second-order valence-corrected chi connectivity index (χ2v) is 8.44. The molecule has 0 aliphatic heterocycles. The highest BCUT2D eigenvalue weighted by Crippen LogP contribution is 2.35. The number of amides is 1. The molecule has 1 heterocycles. The van der Waals surface area contributed by atoms with Crippen molar-refractivity contribution in [2.45, 2.75) is 77.6 Å². The summed E-state index contributed by atoms with van der Waals surface area (Å²) >= 11 is 0. The van der Waals surface area contributed by atoms with Crippen molar-refractivity contribution in [1.29, 1.82) is 0 Å². The molecular weight excluding hydrogens is 348 g/mol. The molecule has 5 heteroatoms. The summed E-state index contributed by atoms with van der Waals surface area (Å²) in [4.78, 5) is 20.3. The van der Waals surface area contributed by atoms with E-state index in [0.717, 1.165) is 42.8 Å². The third kappa shape index (κ3) is 3.76. The average molecular weight is 383 g/mol. The summed E-state index contributed by atoms with van der Waals surface area (Å²) in [5.74, 6) is 1.82. The number of nitrogens with one attached hydrogen (secondary N) is 1. The minimum Gasteiger partial charge on any atom is -0.372 e. The van der Waals surface area contributed by atoms with Gasteiger partial charge >= 0.3 is 0 Å². The van der Waals surface area contributed by atoms with Crippen molar-refractivity contribution in [1.82, 2.24) is 9.66 Å². The fraction of sp³-hybridized carbons (Fsp3) is 0.652. The number of carbonyl (C=O) groups is 1. The molecule has 2 aliphatic rings. The van der Waals surface area contributed by atoms with Gasteiger partial charge in [-0.2, -0.15) is 0 Å². The molecular formula is C23H34N4O. The van der Waals surface area contributed by atoms with Crippen LogP contribution in [0.4, 0.5) is 5.69 Å². The van der Waals surface area contributed by atoms with Crippen LogP contribution in [-0.4, -0.2) is 28.7 Å². The molecule has 0 radical (unpaired) electrons. The number of hydrogen-bond donors (Lipinski definition) is 1. The molecule has 1 aromatic carbocycles. The SMILES string of the molecule is CCN(CC)c1ccc2nc(C3CCCCC3)n(NC(=O)C3CCCC3)c2c1. The van der Waals surface area contributed by atoms with Gasteiger partial charge in [-0.25, -0.2) is 9.66 Å². The normalized spacial score (nSPS) is 18.6. The van der Waals surface area contributed by atoms with E-state index in [1.54, 1.807) is 0 Å². The molecule has 1 aromatic heterocycles. The number of carbonyl (C=O) groups excluding carboxylic acids is 1. The Labute approximate surface area is 168 Å². The minimum atomic E-state index is 0.155. The molecule has 4 rings (SSSR count). The summed E-state index contributed by atoms with van der Waals surface area (Å²) in [6.45, 7) is 6.31. The lowest BCUT2D eigenvalue weighted by Crippen LogP contribution is -2.30. The van der Waals surface area contributed by atoms with E-state index < -0.39 is 0 Å². The van der Waals surface area contributed by atoms with E-state index in [1.807, 2.05) is 4.68 Å². The lowest BCUT2D eigenvalue weighted by molar-refractivity contribution is -0.120. The molecule has 0 atom stereocenters. The molecule has 2 fully saturated rings. The number of imidazole rings is 1. The van der Waals surface area contributed by atoms with Gasteiger partial charge in [0, 0.05) is 30.6 Å². The van der Waals surface area contributed by atoms with Gasteiger partial charge in [0.2, 0.25) is 5.91 Å². The van der Waals surface area contributed by atoms with E-state index in [0.29, 0.717) is 5.92 Å². The molecule has 2 saturated carbocycles. The van der Waals surface area contributed by atoms with Crippen LogP contribution in [0, 0.1) is 5.92 Å². The van der Waals surface area contributed by atoms with Crippen LogP contribution in [0.15, 0.2) is 18.2 Å². The summed E-state index contributed by atoms with van der Waals surface area (Å²) in [6, 6.07) is 6.49. The molecule has 1 amide bonds. The number of aromatic nitrogens is 2. The van der Waals surface area contributed by atoms with Crippen molar-refractivity contribution in [2.75, 3.05) is 23.4 Å². The Kier molecular flexibility index (Phi) is 5.88. The second kappa shape index (κ2) is 8.54. The summed E-state index contributed by atoms with van der Waals surface area (Å²) in [7, 11) is 0. The maximum absolute atomic E-state index is 13.0. The lowest BCUT2D eigenvalue weighted by Gasteiger charge is -2.24. The van der Waals surface area contributed by atoms with Crippen LogP contribution >= 0.6 is 0 Å². The van der Waals surface area contributed by atoms with Gasteiger partial charge in [0.25, 0.3) is 0 Å². The summed E-state index contributed by atoms with van der Waals surface area (Å²) in [5.41, 5.74) is 6.50. The van der Waals surface area contributed by atoms with Gasteiger partial charge in [0.1, 0.15) is 5.82 Å². The maximum Gasteiger partial charge on any atom is 0.241 e. The fourth-order valence-electron chi connectivity index (χ4n) is 5.01. The van der Waals surface area contributed by atoms with Gasteiger partial charge in [-0.15, -0.1) is 0 Å². The predicted molar refractivity (Wildman–Crippen MR) is 115 cm³/mol. The van der Waals surface area contributed by atoms with Crippen LogP contribution < -0.4 is 10.3 Å². The van der Waals surface area contributed by atoms with Crippen LogP contribution in [-0.2, 0) is 4.79 Å². The summed E-state index contributed by atoms with van der Waals surface area (Å²) < 4.78 is 2.04. The maximum atomic E-state index is 13.0. The number of anilines is 1. The Bertz CT molecular complexity index is 811. The largest absolute Gasteiger partial charge is 0.372 e. The Balaban J connectivity index is 1.74. The van der Waals surface area contributed by atoms with Gasteiger partial charge in [0.15, 0.2) is 0 Å². The van der Waals surface area contributed by atoms with Gasteiger partial charge in [-0.3, -0.25) is 10.2 Å². The van der Waals surface area contributed by atoms with Gasteiger partial charge < -0.3 is 4.90 Å². The number of fused-ring (bicyclic) bond motifs is 1. The third-order valence-corrected chi connectivity index (χ3v) is 6.71. The monoisotopic (exact) mass is 382 g/mol. The van der Waals surface area contributed by atoms with E-state index in [2.05, 4.69) is 42.4 Å². The van der Waals surface area contributed by atoms with Gasteiger partial charge in [-0.1, -0.05) is 32.1 Å². The molecule has 0 saturated heterocycles. The van der Waals surface area contributed by atoms with E-state index in [1.165, 1.54) is 50.6 Å². The molecule has 0 unspecified atom stereocenters. The first-order valence-electron chi connectivity index (χ1n) is 11.3. The minimum absolute atomic E-state index is 0.155. The number of nitrogens with zero attached hydrogens (tertiary/aromatic N) is 3. The Morgan fingerprint density at radius 1 is 1.07 bits per heavy atom. The summed E-state index contributed by atoms with van der Waals surface area (Å²) in [5, 5.41) is 0. The third-order valence-electron chi connectivity index (χ3n) is 6.71. The first-order chi connectivity index (χ1) is 13.7. The first-order valence-corrected chi connectivity index (χ1v) is 11.3. The Hall–Kier alpha value is -2.04. The Morgan fingerprint density at radius 3 is 2.43 bits per heavy atom. The zero-order valence-electron chi connectivity index (χ0n) is 17.4. The van der Waals surface area contributed by atoms with E-state index in [9.17, 15) is 4.79 Å². The highest BCUT2D eigenvalue weighted by atomic mass is 16.2. The molecule has 1 N–H and O–H groups in total. The molecule has 0 bridgehead atoms. The quantitative estimate of drug-likeness (QED) is 0.748. The van der Waals surface area contributed by atoms with Gasteiger partial charge in [0.05, 0.1) is 11.0 Å². The van der Waals surface area contributed by atoms with Crippen LogP contribution in [0.2, 0.25) is 0 Å². The van der Waals surface area contributed by atoms with Crippen LogP contribution in [0.5, 0.6) is 0 Å². The predicted octanol–water partition coefficient (Wildman–Crippen LogP) is 5.19. The highest BCUT2D eigenvalue weighted by Gasteiger charge is 2.27. The lowest BCUT2D eigenvalue weighted by atomic mass is 9.89. The van der Waals surface area contributed by atoms with Crippen LogP contribution in [0.3, 0.4) is 0 Å². The van der Waals surface area contributed by atoms with E-state index in [-0.39, 0.29) is 11.8 Å². The summed E-state index contributed by atoms with van der Waals surface area (Å²) in [6.07, 6.45) is 10.6. The molecule has 2 aliphatic carbocycles. The van der Waals surface area contributed by atoms with Crippen molar-refractivity contribution >= 4 is 22.6 Å². The smallest absolute Gasteiger partial charge is 0.241 e. The topological polar surface area (TPSA) is 50.2 Å². The molecule has 5 nitrogen and oxygen atoms in total. The van der Waals surface area contributed by atoms with Crippen molar-refractivity contribution in [3.05, 3.63) is 24.0 Å². The molecule has 2 aromatic rings. The Morgan fingerprint density at radius 2 is 1.75 bits per heavy atom. The molecule has 0 spiro atoms. The van der Waals surface area contributed by atoms with Crippen molar-refractivity contribution in [2.24, 2.45) is 5.92 Å². The van der Waals surface area contributed by atoms with Crippen molar-refractivity contribution in [3.63, 3.8) is 0 Å². The van der Waals surface area contributed by atoms with Crippen LogP contribution in [0.25, 0.3) is 11.0 Å². The van der Waals surface area contributed by atoms with E-state index >= 15 is 0 Å². The average Bonchev–Trinajstić information content (AvgIpc) is 3.38. The second-order valence-electron chi connectivity index (χ2n) is 8.44. The number of benzene rings is 1. The number of hydrogen-bond acceptors (Lipinski definition) is 3. The van der Waals surface area contributed by atoms with Crippen LogP contribution in [0.1, 0.15) is 83.4 Å².